The van der Waals surface area contributed by atoms with Crippen LogP contribution in [0.2, 0.25) is 0 Å². The quantitative estimate of drug-likeness (QED) is 0.334. The highest BCUT2D eigenvalue weighted by atomic mass is 79.9. The Balaban J connectivity index is 2.57. The first-order chi connectivity index (χ1) is 10.6. The Labute approximate surface area is 137 Å². The van der Waals surface area contributed by atoms with Gasteiger partial charge < -0.3 is 10.1 Å². The van der Waals surface area contributed by atoms with E-state index in [0.717, 1.165) is 10.0 Å². The summed E-state index contributed by atoms with van der Waals surface area (Å²) in [6.07, 6.45) is 4.54. The molecule has 2 N–H and O–H groups in total. The fourth-order valence-corrected chi connectivity index (χ4v) is 1.84. The van der Waals surface area contributed by atoms with Crippen LogP contribution in [0.1, 0.15) is 5.56 Å². The minimum atomic E-state index is -0.844. The van der Waals surface area contributed by atoms with Gasteiger partial charge in [-0.2, -0.15) is 5.10 Å². The fourth-order valence-electron chi connectivity index (χ4n) is 1.32. The minimum absolute atomic E-state index is 0.217. The lowest BCUT2D eigenvalue weighted by molar-refractivity contribution is -0.139. The van der Waals surface area contributed by atoms with Crippen LogP contribution in [0.25, 0.3) is 0 Å². The highest BCUT2D eigenvalue weighted by Gasteiger charge is 2.10. The number of hydrogen-bond acceptors (Lipinski definition) is 4. The molecule has 7 heteroatoms. The second-order valence-corrected chi connectivity index (χ2v) is 4.84. The number of rotatable bonds is 7. The van der Waals surface area contributed by atoms with Gasteiger partial charge in [0.15, 0.2) is 0 Å². The molecule has 116 valence electrons. The number of nitrogens with one attached hydrogen (secondary N) is 2. The van der Waals surface area contributed by atoms with Crippen molar-refractivity contribution in [3.05, 3.63) is 53.5 Å². The maximum Gasteiger partial charge on any atom is 0.329 e. The molecule has 1 rings (SSSR count). The van der Waals surface area contributed by atoms with E-state index in [4.69, 9.17) is 4.74 Å². The summed E-state index contributed by atoms with van der Waals surface area (Å²) in [5.41, 5.74) is 2.86. The number of carbonyl (C=O) groups excluding carboxylic acids is 2. The van der Waals surface area contributed by atoms with E-state index in [2.05, 4.69) is 44.9 Å². The zero-order chi connectivity index (χ0) is 16.4. The molecule has 1 aromatic carbocycles. The molecule has 0 fully saturated rings. The zero-order valence-electron chi connectivity index (χ0n) is 11.8. The fraction of sp³-hybridized carbons (Fsp3) is 0.133. The predicted molar refractivity (Wildman–Crippen MR) is 88.8 cm³/mol. The molecule has 0 bridgehead atoms. The summed E-state index contributed by atoms with van der Waals surface area (Å²) in [5.74, 6) is -0.945. The van der Waals surface area contributed by atoms with E-state index in [1.807, 2.05) is 0 Å². The molecule has 0 aromatic heterocycles. The molecule has 0 saturated carbocycles. The molecular formula is C15H16BrN3O3. The summed E-state index contributed by atoms with van der Waals surface area (Å²) in [7, 11) is 0. The van der Waals surface area contributed by atoms with Crippen molar-refractivity contribution >= 4 is 34.0 Å². The molecule has 22 heavy (non-hydrogen) atoms. The first-order valence-corrected chi connectivity index (χ1v) is 7.13. The Morgan fingerprint density at radius 1 is 1.27 bits per heavy atom. The van der Waals surface area contributed by atoms with E-state index in [0.29, 0.717) is 12.4 Å². The standard InChI is InChI=1S/C15H16BrN3O3/c1-3-7-17-14(20)15(21)19-18-10-11-5-6-13(12(16)9-11)22-8-4-2/h3-6,9-10H,1-2,7-8H2,(H,17,20)(H,19,21)/b18-10-. The third kappa shape index (κ3) is 5.92. The van der Waals surface area contributed by atoms with Gasteiger partial charge in [0.2, 0.25) is 0 Å². The van der Waals surface area contributed by atoms with Gasteiger partial charge in [0.1, 0.15) is 12.4 Å². The van der Waals surface area contributed by atoms with E-state index in [-0.39, 0.29) is 6.54 Å². The highest BCUT2D eigenvalue weighted by molar-refractivity contribution is 9.10. The van der Waals surface area contributed by atoms with Crippen molar-refractivity contribution in [2.45, 2.75) is 0 Å². The molecule has 0 aliphatic carbocycles. The first kappa shape index (κ1) is 17.6. The van der Waals surface area contributed by atoms with Crippen LogP contribution in [0.3, 0.4) is 0 Å². The van der Waals surface area contributed by atoms with Crippen molar-refractivity contribution in [1.82, 2.24) is 10.7 Å². The van der Waals surface area contributed by atoms with Gasteiger partial charge in [-0.05, 0) is 39.7 Å². The maximum absolute atomic E-state index is 11.4. The van der Waals surface area contributed by atoms with Crippen LogP contribution in [0, 0.1) is 0 Å². The van der Waals surface area contributed by atoms with Crippen molar-refractivity contribution in [2.24, 2.45) is 5.10 Å². The van der Waals surface area contributed by atoms with Crippen LogP contribution in [0.4, 0.5) is 0 Å². The zero-order valence-corrected chi connectivity index (χ0v) is 13.4. The molecule has 0 unspecified atom stereocenters. The summed E-state index contributed by atoms with van der Waals surface area (Å²) in [5, 5.41) is 6.06. The van der Waals surface area contributed by atoms with E-state index in [9.17, 15) is 9.59 Å². The van der Waals surface area contributed by atoms with Gasteiger partial charge in [-0.1, -0.05) is 18.7 Å². The van der Waals surface area contributed by atoms with Gasteiger partial charge in [-0.3, -0.25) is 9.59 Å². The number of hydrazone groups is 1. The molecule has 1 aromatic rings. The first-order valence-electron chi connectivity index (χ1n) is 6.34. The molecule has 0 aliphatic heterocycles. The molecule has 0 saturated heterocycles. The van der Waals surface area contributed by atoms with Crippen molar-refractivity contribution < 1.29 is 14.3 Å². The second kappa shape index (κ2) is 9.51. The number of benzene rings is 1. The van der Waals surface area contributed by atoms with Gasteiger partial charge in [0.05, 0.1) is 10.7 Å². The van der Waals surface area contributed by atoms with Crippen molar-refractivity contribution in [1.29, 1.82) is 0 Å². The average Bonchev–Trinajstić information content (AvgIpc) is 2.51. The van der Waals surface area contributed by atoms with Crippen LogP contribution in [-0.2, 0) is 9.59 Å². The molecule has 0 aliphatic rings. The second-order valence-electron chi connectivity index (χ2n) is 3.99. The lowest BCUT2D eigenvalue weighted by Gasteiger charge is -2.06. The number of nitrogens with zero attached hydrogens (tertiary/aromatic N) is 1. The van der Waals surface area contributed by atoms with Gasteiger partial charge in [-0.15, -0.1) is 6.58 Å². The summed E-state index contributed by atoms with van der Waals surface area (Å²) in [4.78, 5) is 22.6. The number of ether oxygens (including phenoxy) is 1. The molecule has 0 atom stereocenters. The van der Waals surface area contributed by atoms with E-state index < -0.39 is 11.8 Å². The van der Waals surface area contributed by atoms with Crippen LogP contribution >= 0.6 is 15.9 Å². The number of hydrogen-bond donors (Lipinski definition) is 2. The Morgan fingerprint density at radius 3 is 2.68 bits per heavy atom. The van der Waals surface area contributed by atoms with E-state index in [1.54, 1.807) is 24.3 Å². The number of carbonyl (C=O) groups is 2. The van der Waals surface area contributed by atoms with Gasteiger partial charge in [0.25, 0.3) is 0 Å². The highest BCUT2D eigenvalue weighted by Crippen LogP contribution is 2.25. The SMILES string of the molecule is C=CCNC(=O)C(=O)N/N=C\c1ccc(OCC=C)c(Br)c1. The number of amides is 2. The molecule has 0 radical (unpaired) electrons. The molecular weight excluding hydrogens is 350 g/mol. The van der Waals surface area contributed by atoms with E-state index >= 15 is 0 Å². The van der Waals surface area contributed by atoms with E-state index in [1.165, 1.54) is 12.3 Å². The lowest BCUT2D eigenvalue weighted by Crippen LogP contribution is -2.37. The van der Waals surface area contributed by atoms with Crippen LogP contribution in [0.5, 0.6) is 5.75 Å². The molecule has 0 spiro atoms. The Hall–Kier alpha value is -2.41. The van der Waals surface area contributed by atoms with Crippen molar-refractivity contribution in [2.75, 3.05) is 13.2 Å². The minimum Gasteiger partial charge on any atom is -0.488 e. The van der Waals surface area contributed by atoms with Gasteiger partial charge >= 0.3 is 11.8 Å². The average molecular weight is 366 g/mol. The van der Waals surface area contributed by atoms with Gasteiger partial charge in [0, 0.05) is 6.54 Å². The smallest absolute Gasteiger partial charge is 0.329 e. The Kier molecular flexibility index (Phi) is 7.63. The van der Waals surface area contributed by atoms with Crippen molar-refractivity contribution in [3.63, 3.8) is 0 Å². The summed E-state index contributed by atoms with van der Waals surface area (Å²) < 4.78 is 6.16. The summed E-state index contributed by atoms with van der Waals surface area (Å²) in [6, 6.07) is 5.29. The van der Waals surface area contributed by atoms with Crippen molar-refractivity contribution in [3.8, 4) is 5.75 Å². The number of halogens is 1. The topological polar surface area (TPSA) is 79.8 Å². The van der Waals surface area contributed by atoms with Crippen LogP contribution < -0.4 is 15.5 Å². The Morgan fingerprint density at radius 2 is 2.05 bits per heavy atom. The monoisotopic (exact) mass is 365 g/mol. The third-order valence-electron chi connectivity index (χ3n) is 2.31. The van der Waals surface area contributed by atoms with Gasteiger partial charge in [-0.25, -0.2) is 5.43 Å². The summed E-state index contributed by atoms with van der Waals surface area (Å²) >= 11 is 3.37. The largest absolute Gasteiger partial charge is 0.488 e. The maximum atomic E-state index is 11.4. The molecule has 2 amide bonds. The van der Waals surface area contributed by atoms with Crippen LogP contribution in [-0.4, -0.2) is 31.2 Å². The molecule has 0 heterocycles. The summed E-state index contributed by atoms with van der Waals surface area (Å²) in [6.45, 7) is 7.63. The predicted octanol–water partition coefficient (Wildman–Crippen LogP) is 1.77. The lowest BCUT2D eigenvalue weighted by atomic mass is 10.2. The molecule has 6 nitrogen and oxygen atoms in total. The van der Waals surface area contributed by atoms with Crippen LogP contribution in [0.15, 0.2) is 53.1 Å². The third-order valence-corrected chi connectivity index (χ3v) is 2.93. The Bertz CT molecular complexity index is 600. The normalized spacial score (nSPS) is 10.0.